The number of aliphatic hydroxyl groups is 1. The first kappa shape index (κ1) is 40.5. The van der Waals surface area contributed by atoms with Crippen LogP contribution in [0.5, 0.6) is 17.2 Å². The number of nitrogens with zero attached hydrogens (tertiary/aromatic N) is 1. The van der Waals surface area contributed by atoms with Crippen LogP contribution in [-0.2, 0) is 39.7 Å². The van der Waals surface area contributed by atoms with E-state index in [4.69, 9.17) is 28.0 Å². The summed E-state index contributed by atoms with van der Waals surface area (Å²) in [7, 11) is -7.80. The van der Waals surface area contributed by atoms with Crippen molar-refractivity contribution in [2.45, 2.75) is 76.1 Å². The number of hydrogen-bond acceptors (Lipinski definition) is 12. The zero-order valence-electron chi connectivity index (χ0n) is 30.3. The molecule has 3 aromatic carbocycles. The number of amides is 1. The summed E-state index contributed by atoms with van der Waals surface area (Å²) in [5, 5.41) is 24.1. The first-order valence-electron chi connectivity index (χ1n) is 17.6. The van der Waals surface area contributed by atoms with E-state index >= 15 is 0 Å². The molecule has 0 bridgehead atoms. The summed E-state index contributed by atoms with van der Waals surface area (Å²) < 4.78 is 76.2. The van der Waals surface area contributed by atoms with Crippen LogP contribution in [-0.4, -0.2) is 92.3 Å². The van der Waals surface area contributed by atoms with Crippen LogP contribution >= 0.6 is 7.60 Å². The SMILES string of the molecule is CC(C)CN(C[C@@H](O)[C@H](Cc1ccc(OCP(=O)(Oc2ccccc2)OC(C)C)cc1)NC(=O)O[C@H]1CO[C@H]2OCC[C@H]21)S(=O)(=O)c1ccc(O)cc1. The van der Waals surface area contributed by atoms with E-state index in [9.17, 15) is 28.0 Å². The molecule has 0 spiro atoms. The molecule has 2 aliphatic rings. The van der Waals surface area contributed by atoms with Crippen molar-refractivity contribution in [3.8, 4) is 17.2 Å². The van der Waals surface area contributed by atoms with Gasteiger partial charge in [-0.3, -0.25) is 4.52 Å². The predicted octanol–water partition coefficient (Wildman–Crippen LogP) is 5.53. The Morgan fingerprint density at radius 3 is 2.32 bits per heavy atom. The summed E-state index contributed by atoms with van der Waals surface area (Å²) in [5.74, 6) is 0.473. The lowest BCUT2D eigenvalue weighted by molar-refractivity contribution is -0.0907. The molecule has 0 radical (unpaired) electrons. The fourth-order valence-corrected chi connectivity index (χ4v) is 9.28. The number of carbonyl (C=O) groups excluding carboxylic acids is 1. The fourth-order valence-electron chi connectivity index (χ4n) is 6.11. The molecular formula is C37H49N2O12PS. The van der Waals surface area contributed by atoms with E-state index in [1.807, 2.05) is 19.9 Å². The average molecular weight is 777 g/mol. The van der Waals surface area contributed by atoms with Gasteiger partial charge in [-0.1, -0.05) is 44.2 Å². The molecule has 2 heterocycles. The number of aromatic hydroxyl groups is 1. The van der Waals surface area contributed by atoms with E-state index in [1.54, 1.807) is 62.4 Å². The van der Waals surface area contributed by atoms with Gasteiger partial charge in [0.15, 0.2) is 6.29 Å². The quantitative estimate of drug-likeness (QED) is 0.138. The summed E-state index contributed by atoms with van der Waals surface area (Å²) in [4.78, 5) is 13.2. The topological polar surface area (TPSA) is 179 Å². The van der Waals surface area contributed by atoms with E-state index < -0.39 is 48.3 Å². The fraction of sp³-hybridized carbons (Fsp3) is 0.486. The molecule has 1 amide bonds. The van der Waals surface area contributed by atoms with Crippen LogP contribution < -0.4 is 14.6 Å². The Labute approximate surface area is 310 Å². The second kappa shape index (κ2) is 18.1. The summed E-state index contributed by atoms with van der Waals surface area (Å²) in [6.45, 7) is 7.63. The van der Waals surface area contributed by atoms with Crippen LogP contribution in [0.25, 0.3) is 0 Å². The number of aliphatic hydroxyl groups excluding tert-OH is 1. The van der Waals surface area contributed by atoms with Crippen LogP contribution in [0.2, 0.25) is 0 Å². The Kier molecular flexibility index (Phi) is 13.8. The Morgan fingerprint density at radius 1 is 0.962 bits per heavy atom. The molecule has 6 atom stereocenters. The number of phenols is 1. The Bertz CT molecular complexity index is 1780. The van der Waals surface area contributed by atoms with Gasteiger partial charge in [0.1, 0.15) is 23.4 Å². The Morgan fingerprint density at radius 2 is 1.66 bits per heavy atom. The van der Waals surface area contributed by atoms with E-state index in [0.29, 0.717) is 30.1 Å². The predicted molar refractivity (Wildman–Crippen MR) is 195 cm³/mol. The van der Waals surface area contributed by atoms with Crippen molar-refractivity contribution in [3.63, 3.8) is 0 Å². The lowest BCUT2D eigenvalue weighted by atomic mass is 10.0. The molecule has 0 aliphatic carbocycles. The van der Waals surface area contributed by atoms with Crippen molar-refractivity contribution >= 4 is 23.7 Å². The number of para-hydroxylation sites is 1. The first-order valence-corrected chi connectivity index (χ1v) is 20.8. The number of ether oxygens (including phenoxy) is 4. The van der Waals surface area contributed by atoms with Gasteiger partial charge in [0.2, 0.25) is 16.4 Å². The van der Waals surface area contributed by atoms with Crippen LogP contribution in [0.4, 0.5) is 4.79 Å². The lowest BCUT2D eigenvalue weighted by Crippen LogP contribution is -2.51. The number of rotatable bonds is 18. The highest BCUT2D eigenvalue weighted by atomic mass is 32.2. The third-order valence-corrected chi connectivity index (χ3v) is 12.1. The smallest absolute Gasteiger partial charge is 0.416 e. The molecule has 5 rings (SSSR count). The van der Waals surface area contributed by atoms with Gasteiger partial charge in [0, 0.05) is 13.1 Å². The molecule has 14 nitrogen and oxygen atoms in total. The maximum atomic E-state index is 13.7. The van der Waals surface area contributed by atoms with Gasteiger partial charge < -0.3 is 39.0 Å². The third-order valence-electron chi connectivity index (χ3n) is 8.57. The second-order valence-electron chi connectivity index (χ2n) is 13.8. The van der Waals surface area contributed by atoms with Crippen LogP contribution in [0.3, 0.4) is 0 Å². The highest BCUT2D eigenvalue weighted by Gasteiger charge is 2.44. The molecule has 290 valence electrons. The van der Waals surface area contributed by atoms with E-state index in [0.717, 1.165) is 0 Å². The second-order valence-corrected chi connectivity index (χ2v) is 17.6. The zero-order valence-corrected chi connectivity index (χ0v) is 32.0. The maximum absolute atomic E-state index is 13.7. The van der Waals surface area contributed by atoms with Crippen molar-refractivity contribution in [2.75, 3.05) is 32.7 Å². The molecule has 53 heavy (non-hydrogen) atoms. The van der Waals surface area contributed by atoms with Gasteiger partial charge in [0.25, 0.3) is 0 Å². The summed E-state index contributed by atoms with van der Waals surface area (Å²) >= 11 is 0. The van der Waals surface area contributed by atoms with E-state index in [1.165, 1.54) is 28.6 Å². The molecular weight excluding hydrogens is 727 g/mol. The molecule has 2 saturated heterocycles. The minimum absolute atomic E-state index is 0.0465. The van der Waals surface area contributed by atoms with E-state index in [2.05, 4.69) is 5.32 Å². The number of hydrogen-bond donors (Lipinski definition) is 3. The summed E-state index contributed by atoms with van der Waals surface area (Å²) in [6, 6.07) is 19.6. The highest BCUT2D eigenvalue weighted by Crippen LogP contribution is 2.49. The number of fused-ring (bicyclic) bond motifs is 1. The van der Waals surface area contributed by atoms with Gasteiger partial charge in [-0.25, -0.2) is 17.8 Å². The maximum Gasteiger partial charge on any atom is 0.416 e. The normalized spacial score (nSPS) is 20.9. The van der Waals surface area contributed by atoms with Gasteiger partial charge in [-0.05, 0) is 86.7 Å². The molecule has 2 aliphatic heterocycles. The van der Waals surface area contributed by atoms with Crippen LogP contribution in [0, 0.1) is 11.8 Å². The minimum Gasteiger partial charge on any atom is -0.508 e. The average Bonchev–Trinajstić information content (AvgIpc) is 3.73. The summed E-state index contributed by atoms with van der Waals surface area (Å²) in [5.41, 5.74) is 0.675. The molecule has 3 N–H and O–H groups in total. The monoisotopic (exact) mass is 776 g/mol. The van der Waals surface area contributed by atoms with Crippen LogP contribution in [0.15, 0.2) is 83.8 Å². The molecule has 0 saturated carbocycles. The van der Waals surface area contributed by atoms with E-state index in [-0.39, 0.29) is 61.0 Å². The minimum atomic E-state index is -4.10. The largest absolute Gasteiger partial charge is 0.508 e. The number of benzene rings is 3. The molecule has 2 fully saturated rings. The Hall–Kier alpha value is -3.69. The number of nitrogens with one attached hydrogen (secondary N) is 1. The van der Waals surface area contributed by atoms with Gasteiger partial charge in [-0.2, -0.15) is 4.31 Å². The molecule has 16 heteroatoms. The third kappa shape index (κ3) is 11.4. The number of alkyl carbamates (subject to hydrolysis) is 1. The molecule has 1 unspecified atom stereocenters. The first-order chi connectivity index (χ1) is 25.2. The van der Waals surface area contributed by atoms with Gasteiger partial charge >= 0.3 is 13.7 Å². The van der Waals surface area contributed by atoms with Gasteiger partial charge in [-0.15, -0.1) is 0 Å². The standard InChI is InChI=1S/C37H49N2O12PS/c1-25(2)21-39(53(44,45)31-16-12-28(40)13-17-31)22-34(41)33(38-37(42)49-35-23-47-36-32(35)18-19-46-36)20-27-10-14-29(15-11-27)48-24-52(43,50-26(3)4)51-30-8-6-5-7-9-30/h5-17,25-26,32-36,40-41H,18-24H2,1-4H3,(H,38,42)/t32-,33-,34+,35-,36+,52?/m0/s1. The Balaban J connectivity index is 1.31. The lowest BCUT2D eigenvalue weighted by Gasteiger charge is -2.31. The molecule has 0 aromatic heterocycles. The highest BCUT2D eigenvalue weighted by molar-refractivity contribution is 7.89. The number of phenolic OH excluding ortho intramolecular Hbond substituents is 1. The van der Waals surface area contributed by atoms with Crippen molar-refractivity contribution in [3.05, 3.63) is 84.4 Å². The number of sulfonamides is 1. The molecule has 3 aromatic rings. The van der Waals surface area contributed by atoms with Crippen molar-refractivity contribution in [2.24, 2.45) is 11.8 Å². The van der Waals surface area contributed by atoms with Crippen molar-refractivity contribution < 1.29 is 56.0 Å². The van der Waals surface area contributed by atoms with Gasteiger partial charge in [0.05, 0.1) is 42.3 Å². The van der Waals surface area contributed by atoms with Crippen molar-refractivity contribution in [1.29, 1.82) is 0 Å². The van der Waals surface area contributed by atoms with Crippen LogP contribution in [0.1, 0.15) is 39.7 Å². The van der Waals surface area contributed by atoms with Crippen molar-refractivity contribution in [1.82, 2.24) is 9.62 Å². The zero-order chi connectivity index (χ0) is 38.2. The number of carbonyl (C=O) groups is 1. The summed E-state index contributed by atoms with van der Waals surface area (Å²) in [6.07, 6.45) is -3.10.